The number of hydrogen-bond acceptors (Lipinski definition) is 3. The van der Waals surface area contributed by atoms with Gasteiger partial charge in [0.1, 0.15) is 0 Å². The molecule has 0 radical (unpaired) electrons. The summed E-state index contributed by atoms with van der Waals surface area (Å²) in [7, 11) is 0. The topological polar surface area (TPSA) is 28.2 Å². The molecule has 1 N–H and O–H groups in total. The van der Waals surface area contributed by atoms with E-state index in [0.29, 0.717) is 11.5 Å². The molecule has 0 bridgehead atoms. The minimum atomic E-state index is 0.590. The van der Waals surface area contributed by atoms with Crippen LogP contribution in [0.1, 0.15) is 25.3 Å². The lowest BCUT2D eigenvalue weighted by atomic mass is 10.1. The molecule has 2 aliphatic rings. The third-order valence-corrected chi connectivity index (χ3v) is 4.17. The van der Waals surface area contributed by atoms with E-state index in [1.807, 2.05) is 18.5 Å². The van der Waals surface area contributed by atoms with Gasteiger partial charge in [-0.3, -0.25) is 9.88 Å². The molecule has 1 aliphatic heterocycles. The maximum Gasteiger partial charge on any atom is 0.0312 e. The van der Waals surface area contributed by atoms with E-state index in [1.165, 1.54) is 31.5 Å². The van der Waals surface area contributed by atoms with Crippen molar-refractivity contribution in [1.29, 1.82) is 0 Å². The molecule has 1 spiro atoms. The predicted molar refractivity (Wildman–Crippen MR) is 68.6 cm³/mol. The number of nitrogens with zero attached hydrogens (tertiary/aromatic N) is 2. The zero-order valence-corrected chi connectivity index (χ0v) is 10.5. The molecule has 92 valence electrons. The third-order valence-electron chi connectivity index (χ3n) is 4.17. The summed E-state index contributed by atoms with van der Waals surface area (Å²) < 4.78 is 0. The van der Waals surface area contributed by atoms with Crippen LogP contribution in [0.4, 0.5) is 0 Å². The molecule has 1 unspecified atom stereocenters. The SMILES string of the molecule is CC1CNCC2(CC2)CN1Cc1cccnc1. The maximum atomic E-state index is 4.21. The van der Waals surface area contributed by atoms with E-state index >= 15 is 0 Å². The van der Waals surface area contributed by atoms with E-state index in [1.54, 1.807) is 0 Å². The monoisotopic (exact) mass is 231 g/mol. The smallest absolute Gasteiger partial charge is 0.0312 e. The van der Waals surface area contributed by atoms with Crippen molar-refractivity contribution < 1.29 is 0 Å². The molecule has 0 aromatic carbocycles. The van der Waals surface area contributed by atoms with Crippen molar-refractivity contribution in [3.05, 3.63) is 30.1 Å². The van der Waals surface area contributed by atoms with Gasteiger partial charge >= 0.3 is 0 Å². The van der Waals surface area contributed by atoms with Crippen molar-refractivity contribution in [2.45, 2.75) is 32.4 Å². The van der Waals surface area contributed by atoms with Gasteiger partial charge in [-0.25, -0.2) is 0 Å². The van der Waals surface area contributed by atoms with Crippen molar-refractivity contribution in [3.8, 4) is 0 Å². The first kappa shape index (κ1) is 11.2. The number of hydrogen-bond donors (Lipinski definition) is 1. The van der Waals surface area contributed by atoms with E-state index in [9.17, 15) is 0 Å². The molecule has 1 saturated carbocycles. The van der Waals surface area contributed by atoms with Gasteiger partial charge in [-0.1, -0.05) is 6.07 Å². The molecule has 3 rings (SSSR count). The maximum absolute atomic E-state index is 4.21. The summed E-state index contributed by atoms with van der Waals surface area (Å²) in [6.45, 7) is 6.93. The summed E-state index contributed by atoms with van der Waals surface area (Å²) in [6, 6.07) is 4.83. The molecule has 3 heteroatoms. The average Bonchev–Trinajstić information content (AvgIpc) is 3.11. The summed E-state index contributed by atoms with van der Waals surface area (Å²) in [5, 5.41) is 3.61. The Morgan fingerprint density at radius 1 is 1.53 bits per heavy atom. The Kier molecular flexibility index (Phi) is 2.89. The first-order valence-corrected chi connectivity index (χ1v) is 6.61. The number of rotatable bonds is 2. The van der Waals surface area contributed by atoms with Crippen LogP contribution in [0.3, 0.4) is 0 Å². The van der Waals surface area contributed by atoms with E-state index in [-0.39, 0.29) is 0 Å². The van der Waals surface area contributed by atoms with E-state index in [0.717, 1.165) is 13.1 Å². The number of pyridine rings is 1. The third kappa shape index (κ3) is 2.50. The predicted octanol–water partition coefficient (Wildman–Crippen LogP) is 1.66. The van der Waals surface area contributed by atoms with Gasteiger partial charge in [0.05, 0.1) is 0 Å². The zero-order chi connectivity index (χ0) is 11.7. The molecular weight excluding hydrogens is 210 g/mol. The molecule has 1 aromatic rings. The van der Waals surface area contributed by atoms with Gasteiger partial charge < -0.3 is 5.32 Å². The number of nitrogens with one attached hydrogen (secondary N) is 1. The summed E-state index contributed by atoms with van der Waals surface area (Å²) in [4.78, 5) is 6.82. The second kappa shape index (κ2) is 4.39. The van der Waals surface area contributed by atoms with Crippen molar-refractivity contribution >= 4 is 0 Å². The summed E-state index contributed by atoms with van der Waals surface area (Å²) in [5.41, 5.74) is 1.92. The van der Waals surface area contributed by atoms with Crippen molar-refractivity contribution in [2.75, 3.05) is 19.6 Å². The first-order chi connectivity index (χ1) is 8.27. The van der Waals surface area contributed by atoms with Crippen molar-refractivity contribution in [2.24, 2.45) is 5.41 Å². The second-order valence-electron chi connectivity index (χ2n) is 5.75. The minimum absolute atomic E-state index is 0.590. The lowest BCUT2D eigenvalue weighted by Gasteiger charge is -2.28. The van der Waals surface area contributed by atoms with E-state index in [2.05, 4.69) is 28.2 Å². The minimum Gasteiger partial charge on any atom is -0.315 e. The molecule has 3 nitrogen and oxygen atoms in total. The summed E-state index contributed by atoms with van der Waals surface area (Å²) >= 11 is 0. The van der Waals surface area contributed by atoms with Gasteiger partial charge in [0.15, 0.2) is 0 Å². The Hall–Kier alpha value is -0.930. The highest BCUT2D eigenvalue weighted by atomic mass is 15.2. The highest BCUT2D eigenvalue weighted by Gasteiger charge is 2.45. The molecule has 1 aromatic heterocycles. The second-order valence-corrected chi connectivity index (χ2v) is 5.75. The normalized spacial score (nSPS) is 27.9. The largest absolute Gasteiger partial charge is 0.315 e. The molecule has 1 saturated heterocycles. The Balaban J connectivity index is 1.71. The van der Waals surface area contributed by atoms with Crippen molar-refractivity contribution in [1.82, 2.24) is 15.2 Å². The Morgan fingerprint density at radius 3 is 3.12 bits per heavy atom. The highest BCUT2D eigenvalue weighted by Crippen LogP contribution is 2.46. The molecule has 2 heterocycles. The number of aromatic nitrogens is 1. The Morgan fingerprint density at radius 2 is 2.41 bits per heavy atom. The lowest BCUT2D eigenvalue weighted by Crippen LogP contribution is -2.37. The molecule has 2 fully saturated rings. The van der Waals surface area contributed by atoms with Gasteiger partial charge in [0.25, 0.3) is 0 Å². The van der Waals surface area contributed by atoms with Crippen LogP contribution in [-0.4, -0.2) is 35.6 Å². The van der Waals surface area contributed by atoms with Crippen LogP contribution in [0.5, 0.6) is 0 Å². The van der Waals surface area contributed by atoms with Crippen LogP contribution >= 0.6 is 0 Å². The van der Waals surface area contributed by atoms with Crippen LogP contribution in [0, 0.1) is 5.41 Å². The van der Waals surface area contributed by atoms with Gasteiger partial charge in [-0.05, 0) is 36.8 Å². The molecule has 1 atom stereocenters. The molecule has 17 heavy (non-hydrogen) atoms. The lowest BCUT2D eigenvalue weighted by molar-refractivity contribution is 0.184. The van der Waals surface area contributed by atoms with Crippen LogP contribution in [0.15, 0.2) is 24.5 Å². The van der Waals surface area contributed by atoms with E-state index < -0.39 is 0 Å². The summed E-state index contributed by atoms with van der Waals surface area (Å²) in [5.74, 6) is 0. The first-order valence-electron chi connectivity index (χ1n) is 6.61. The standard InChI is InChI=1S/C14H21N3/c1-12-7-16-10-14(4-5-14)11-17(12)9-13-3-2-6-15-8-13/h2-3,6,8,12,16H,4-5,7,9-11H2,1H3. The van der Waals surface area contributed by atoms with Gasteiger partial charge in [0.2, 0.25) is 0 Å². The Labute approximate surface area is 103 Å². The fraction of sp³-hybridized carbons (Fsp3) is 0.643. The van der Waals surface area contributed by atoms with Crippen molar-refractivity contribution in [3.63, 3.8) is 0 Å². The highest BCUT2D eigenvalue weighted by molar-refractivity contribution is 5.09. The summed E-state index contributed by atoms with van der Waals surface area (Å²) in [6.07, 6.45) is 6.64. The van der Waals surface area contributed by atoms with E-state index in [4.69, 9.17) is 0 Å². The fourth-order valence-electron chi connectivity index (χ4n) is 2.77. The van der Waals surface area contributed by atoms with Gasteiger partial charge in [0, 0.05) is 44.6 Å². The molecule has 0 amide bonds. The van der Waals surface area contributed by atoms with Crippen LogP contribution in [-0.2, 0) is 6.54 Å². The fourth-order valence-corrected chi connectivity index (χ4v) is 2.77. The van der Waals surface area contributed by atoms with Crippen LogP contribution in [0.2, 0.25) is 0 Å². The molecule has 1 aliphatic carbocycles. The van der Waals surface area contributed by atoms with Crippen LogP contribution in [0.25, 0.3) is 0 Å². The van der Waals surface area contributed by atoms with Gasteiger partial charge in [-0.2, -0.15) is 0 Å². The average molecular weight is 231 g/mol. The quantitative estimate of drug-likeness (QED) is 0.839. The Bertz CT molecular complexity index is 372. The van der Waals surface area contributed by atoms with Gasteiger partial charge in [-0.15, -0.1) is 0 Å². The molecular formula is C14H21N3. The van der Waals surface area contributed by atoms with Crippen LogP contribution < -0.4 is 5.32 Å². The zero-order valence-electron chi connectivity index (χ0n) is 10.5.